The minimum Gasteiger partial charge on any atom is -0.378 e. The van der Waals surface area contributed by atoms with Crippen LogP contribution in [-0.4, -0.2) is 42.1 Å². The molecule has 0 saturated carbocycles. The molecule has 1 fully saturated rings. The summed E-state index contributed by atoms with van der Waals surface area (Å²) >= 11 is 0. The Kier molecular flexibility index (Phi) is 5.09. The molecular weight excluding hydrogens is 372 g/mol. The maximum absolute atomic E-state index is 12.6. The molecular formula is C21H20N4O4. The van der Waals surface area contributed by atoms with Crippen LogP contribution in [0.3, 0.4) is 0 Å². The monoisotopic (exact) mass is 392 g/mol. The Morgan fingerprint density at radius 2 is 1.93 bits per heavy atom. The van der Waals surface area contributed by atoms with Crippen LogP contribution in [0, 0.1) is 17.0 Å². The number of nitro groups is 1. The molecule has 0 bridgehead atoms. The van der Waals surface area contributed by atoms with Gasteiger partial charge in [-0.25, -0.2) is 4.98 Å². The highest BCUT2D eigenvalue weighted by molar-refractivity contribution is 6.07. The van der Waals surface area contributed by atoms with Gasteiger partial charge in [-0.3, -0.25) is 14.9 Å². The van der Waals surface area contributed by atoms with Gasteiger partial charge in [-0.05, 0) is 42.8 Å². The number of morpholine rings is 1. The Morgan fingerprint density at radius 3 is 2.69 bits per heavy atom. The van der Waals surface area contributed by atoms with Gasteiger partial charge in [0.25, 0.3) is 11.6 Å². The third-order valence-electron chi connectivity index (χ3n) is 4.94. The van der Waals surface area contributed by atoms with Crippen LogP contribution in [0.4, 0.5) is 17.2 Å². The number of carbonyl (C=O) groups is 1. The van der Waals surface area contributed by atoms with Crippen molar-refractivity contribution < 1.29 is 14.5 Å². The third-order valence-corrected chi connectivity index (χ3v) is 4.94. The number of nitrogens with zero attached hydrogens (tertiary/aromatic N) is 3. The Labute approximate surface area is 167 Å². The number of hydrogen-bond donors (Lipinski definition) is 1. The van der Waals surface area contributed by atoms with E-state index in [1.165, 1.54) is 18.2 Å². The number of pyridine rings is 1. The first-order valence-corrected chi connectivity index (χ1v) is 9.32. The topological polar surface area (TPSA) is 97.6 Å². The molecule has 2 aromatic carbocycles. The van der Waals surface area contributed by atoms with Crippen molar-refractivity contribution in [2.45, 2.75) is 6.92 Å². The second-order valence-corrected chi connectivity index (χ2v) is 6.86. The van der Waals surface area contributed by atoms with Crippen LogP contribution in [0.15, 0.2) is 48.5 Å². The lowest BCUT2D eigenvalue weighted by Crippen LogP contribution is -2.36. The molecule has 8 nitrogen and oxygen atoms in total. The van der Waals surface area contributed by atoms with Crippen molar-refractivity contribution in [2.24, 2.45) is 0 Å². The Balaban J connectivity index is 1.62. The van der Waals surface area contributed by atoms with E-state index >= 15 is 0 Å². The lowest BCUT2D eigenvalue weighted by atomic mass is 10.1. The molecule has 2 heterocycles. The number of nitro benzene ring substituents is 1. The van der Waals surface area contributed by atoms with E-state index in [2.05, 4.69) is 10.2 Å². The van der Waals surface area contributed by atoms with Gasteiger partial charge in [-0.2, -0.15) is 0 Å². The molecule has 1 N–H and O–H groups in total. The van der Waals surface area contributed by atoms with Crippen LogP contribution >= 0.6 is 0 Å². The fourth-order valence-corrected chi connectivity index (χ4v) is 3.43. The number of nitrogens with one attached hydrogen (secondary N) is 1. The summed E-state index contributed by atoms with van der Waals surface area (Å²) < 4.78 is 5.40. The highest BCUT2D eigenvalue weighted by Crippen LogP contribution is 2.27. The van der Waals surface area contributed by atoms with Crippen molar-refractivity contribution in [1.29, 1.82) is 0 Å². The van der Waals surface area contributed by atoms with E-state index in [4.69, 9.17) is 9.72 Å². The van der Waals surface area contributed by atoms with Crippen molar-refractivity contribution in [3.05, 3.63) is 69.8 Å². The SMILES string of the molecule is Cc1cc(N2CCOCC2)nc2ccc(NC(=O)c3ccccc3[N+](=O)[O-])cc12. The van der Waals surface area contributed by atoms with E-state index in [9.17, 15) is 14.9 Å². The summed E-state index contributed by atoms with van der Waals surface area (Å²) in [4.78, 5) is 30.1. The molecule has 1 saturated heterocycles. The Bertz CT molecular complexity index is 1090. The largest absolute Gasteiger partial charge is 0.378 e. The zero-order chi connectivity index (χ0) is 20.4. The predicted molar refractivity (Wildman–Crippen MR) is 111 cm³/mol. The summed E-state index contributed by atoms with van der Waals surface area (Å²) in [6.45, 7) is 5.00. The van der Waals surface area contributed by atoms with E-state index in [1.54, 1.807) is 12.1 Å². The van der Waals surface area contributed by atoms with Gasteiger partial charge in [-0.1, -0.05) is 12.1 Å². The van der Waals surface area contributed by atoms with Crippen LogP contribution < -0.4 is 10.2 Å². The maximum atomic E-state index is 12.6. The first kappa shape index (κ1) is 18.8. The highest BCUT2D eigenvalue weighted by Gasteiger charge is 2.19. The zero-order valence-corrected chi connectivity index (χ0v) is 15.9. The second kappa shape index (κ2) is 7.84. The van der Waals surface area contributed by atoms with Gasteiger partial charge < -0.3 is 15.0 Å². The fourth-order valence-electron chi connectivity index (χ4n) is 3.43. The van der Waals surface area contributed by atoms with Gasteiger partial charge in [0.2, 0.25) is 0 Å². The van der Waals surface area contributed by atoms with Gasteiger partial charge >= 0.3 is 0 Å². The molecule has 4 rings (SSSR count). The van der Waals surface area contributed by atoms with Gasteiger partial charge in [0, 0.05) is 30.2 Å². The number of para-hydroxylation sites is 1. The van der Waals surface area contributed by atoms with E-state index in [-0.39, 0.29) is 11.3 Å². The molecule has 3 aromatic rings. The smallest absolute Gasteiger partial charge is 0.282 e. The first-order valence-electron chi connectivity index (χ1n) is 9.32. The van der Waals surface area contributed by atoms with Gasteiger partial charge in [-0.15, -0.1) is 0 Å². The summed E-state index contributed by atoms with van der Waals surface area (Å²) in [6, 6.07) is 13.4. The van der Waals surface area contributed by atoms with Crippen molar-refractivity contribution in [3.8, 4) is 0 Å². The van der Waals surface area contributed by atoms with Gasteiger partial charge in [0.1, 0.15) is 11.4 Å². The summed E-state index contributed by atoms with van der Waals surface area (Å²) in [5.74, 6) is 0.391. The maximum Gasteiger partial charge on any atom is 0.282 e. The number of amides is 1. The summed E-state index contributed by atoms with van der Waals surface area (Å²) in [5.41, 5.74) is 2.23. The van der Waals surface area contributed by atoms with Gasteiger partial charge in [0.05, 0.1) is 23.7 Å². The van der Waals surface area contributed by atoms with Gasteiger partial charge in [0.15, 0.2) is 0 Å². The number of aryl methyl sites for hydroxylation is 1. The van der Waals surface area contributed by atoms with E-state index < -0.39 is 10.8 Å². The molecule has 0 radical (unpaired) electrons. The molecule has 0 atom stereocenters. The Hall–Kier alpha value is -3.52. The van der Waals surface area contributed by atoms with Crippen LogP contribution in [0.2, 0.25) is 0 Å². The van der Waals surface area contributed by atoms with Crippen LogP contribution in [0.5, 0.6) is 0 Å². The normalized spacial score (nSPS) is 14.0. The van der Waals surface area contributed by atoms with Crippen LogP contribution in [-0.2, 0) is 4.74 Å². The quantitative estimate of drug-likeness (QED) is 0.539. The minimum absolute atomic E-state index is 0.0232. The minimum atomic E-state index is -0.559. The van der Waals surface area contributed by atoms with Crippen molar-refractivity contribution in [2.75, 3.05) is 36.5 Å². The highest BCUT2D eigenvalue weighted by atomic mass is 16.6. The average Bonchev–Trinajstić information content (AvgIpc) is 2.74. The number of hydrogen-bond acceptors (Lipinski definition) is 6. The Morgan fingerprint density at radius 1 is 1.17 bits per heavy atom. The molecule has 8 heteroatoms. The number of carbonyl (C=O) groups excluding carboxylic acids is 1. The first-order chi connectivity index (χ1) is 14.0. The predicted octanol–water partition coefficient (Wildman–Crippen LogP) is 3.54. The lowest BCUT2D eigenvalue weighted by Gasteiger charge is -2.28. The molecule has 0 aliphatic carbocycles. The van der Waals surface area contributed by atoms with Crippen molar-refractivity contribution >= 4 is 34.0 Å². The number of aromatic nitrogens is 1. The van der Waals surface area contributed by atoms with E-state index in [1.807, 2.05) is 25.1 Å². The summed E-state index contributed by atoms with van der Waals surface area (Å²) in [5, 5.41) is 14.8. The zero-order valence-electron chi connectivity index (χ0n) is 15.9. The number of ether oxygens (including phenoxy) is 1. The third kappa shape index (κ3) is 3.88. The molecule has 1 amide bonds. The fraction of sp³-hybridized carbons (Fsp3) is 0.238. The number of rotatable bonds is 4. The molecule has 148 valence electrons. The summed E-state index contributed by atoms with van der Waals surface area (Å²) in [7, 11) is 0. The van der Waals surface area contributed by atoms with Crippen molar-refractivity contribution in [3.63, 3.8) is 0 Å². The number of fused-ring (bicyclic) bond motifs is 1. The standard InChI is InChI=1S/C21H20N4O4/c1-14-12-20(24-8-10-29-11-9-24)23-18-7-6-15(13-17(14)18)22-21(26)16-4-2-3-5-19(16)25(27)28/h2-7,12-13H,8-11H2,1H3,(H,22,26). The molecule has 1 aromatic heterocycles. The second-order valence-electron chi connectivity index (χ2n) is 6.86. The summed E-state index contributed by atoms with van der Waals surface area (Å²) in [6.07, 6.45) is 0. The van der Waals surface area contributed by atoms with Crippen LogP contribution in [0.1, 0.15) is 15.9 Å². The van der Waals surface area contributed by atoms with E-state index in [0.29, 0.717) is 18.9 Å². The van der Waals surface area contributed by atoms with Crippen LogP contribution in [0.25, 0.3) is 10.9 Å². The van der Waals surface area contributed by atoms with E-state index in [0.717, 1.165) is 35.4 Å². The molecule has 1 aliphatic rings. The average molecular weight is 392 g/mol. The van der Waals surface area contributed by atoms with Crippen molar-refractivity contribution in [1.82, 2.24) is 4.98 Å². The molecule has 1 aliphatic heterocycles. The molecule has 0 spiro atoms. The number of anilines is 2. The molecule has 29 heavy (non-hydrogen) atoms. The lowest BCUT2D eigenvalue weighted by molar-refractivity contribution is -0.385. The number of benzene rings is 2. The molecule has 0 unspecified atom stereocenters.